The van der Waals surface area contributed by atoms with Crippen LogP contribution < -0.4 is 5.32 Å². The molecule has 0 spiro atoms. The number of amidine groups is 1. The molecule has 0 radical (unpaired) electrons. The van der Waals surface area contributed by atoms with Crippen molar-refractivity contribution in [3.63, 3.8) is 0 Å². The number of nitrogens with zero attached hydrogens (tertiary/aromatic N) is 1. The molecule has 16 heavy (non-hydrogen) atoms. The molecule has 0 bridgehead atoms. The van der Waals surface area contributed by atoms with E-state index in [9.17, 15) is 8.78 Å². The van der Waals surface area contributed by atoms with Crippen molar-refractivity contribution in [3.05, 3.63) is 29.8 Å². The van der Waals surface area contributed by atoms with Gasteiger partial charge in [-0.2, -0.15) is 0 Å². The molecule has 1 rings (SSSR count). The topological polar surface area (TPSA) is 48.2 Å². The fraction of sp³-hybridized carbons (Fsp3) is 0.273. The smallest absolute Gasteiger partial charge is 0.149 e. The maximum Gasteiger partial charge on any atom is 0.149 e. The lowest BCUT2D eigenvalue weighted by Gasteiger charge is -2.05. The number of anilines is 1. The second kappa shape index (κ2) is 5.34. The van der Waals surface area contributed by atoms with E-state index in [1.807, 2.05) is 13.8 Å². The van der Waals surface area contributed by atoms with Crippen LogP contribution >= 0.6 is 0 Å². The van der Waals surface area contributed by atoms with Crippen molar-refractivity contribution < 1.29 is 8.78 Å². The number of halogens is 2. The number of nitrogens with one attached hydrogen (secondary N) is 2. The van der Waals surface area contributed by atoms with E-state index < -0.39 is 11.6 Å². The SMILES string of the molecule is CC(C)/N=C\C(=N)Nc1ccc(F)cc1F. The number of aliphatic imine (C=N–C) groups is 1. The van der Waals surface area contributed by atoms with Crippen molar-refractivity contribution in [1.82, 2.24) is 0 Å². The summed E-state index contributed by atoms with van der Waals surface area (Å²) in [6, 6.07) is 3.19. The Kier molecular flexibility index (Phi) is 4.10. The van der Waals surface area contributed by atoms with Crippen LogP contribution in [0.25, 0.3) is 0 Å². The summed E-state index contributed by atoms with van der Waals surface area (Å²) in [4.78, 5) is 3.96. The van der Waals surface area contributed by atoms with Gasteiger partial charge < -0.3 is 5.32 Å². The first-order valence-corrected chi connectivity index (χ1v) is 4.83. The van der Waals surface area contributed by atoms with Crippen molar-refractivity contribution in [2.45, 2.75) is 19.9 Å². The van der Waals surface area contributed by atoms with Crippen LogP contribution in [0.4, 0.5) is 14.5 Å². The number of rotatable bonds is 3. The fourth-order valence-electron chi connectivity index (χ4n) is 0.992. The number of hydrogen-bond acceptors (Lipinski definition) is 2. The van der Waals surface area contributed by atoms with Gasteiger partial charge in [-0.3, -0.25) is 10.4 Å². The summed E-state index contributed by atoms with van der Waals surface area (Å²) >= 11 is 0. The largest absolute Gasteiger partial charge is 0.337 e. The Bertz CT molecular complexity index is 414. The van der Waals surface area contributed by atoms with Gasteiger partial charge in [-0.15, -0.1) is 0 Å². The van der Waals surface area contributed by atoms with Crippen molar-refractivity contribution >= 4 is 17.7 Å². The van der Waals surface area contributed by atoms with Gasteiger partial charge >= 0.3 is 0 Å². The van der Waals surface area contributed by atoms with E-state index in [0.717, 1.165) is 12.1 Å². The molecule has 0 saturated heterocycles. The lowest BCUT2D eigenvalue weighted by atomic mass is 10.3. The van der Waals surface area contributed by atoms with E-state index in [-0.39, 0.29) is 17.6 Å². The maximum atomic E-state index is 13.2. The highest BCUT2D eigenvalue weighted by atomic mass is 19.1. The van der Waals surface area contributed by atoms with Gasteiger partial charge in [0.1, 0.15) is 17.5 Å². The molecule has 1 aromatic carbocycles. The molecule has 0 amide bonds. The summed E-state index contributed by atoms with van der Waals surface area (Å²) < 4.78 is 25.8. The summed E-state index contributed by atoms with van der Waals surface area (Å²) in [6.07, 6.45) is 1.30. The molecule has 0 atom stereocenters. The van der Waals surface area contributed by atoms with Gasteiger partial charge in [0.15, 0.2) is 0 Å². The van der Waals surface area contributed by atoms with E-state index in [1.54, 1.807) is 0 Å². The molecule has 0 aliphatic heterocycles. The second-order valence-electron chi connectivity index (χ2n) is 3.53. The number of hydrogen-bond donors (Lipinski definition) is 2. The van der Waals surface area contributed by atoms with Gasteiger partial charge in [0.25, 0.3) is 0 Å². The minimum Gasteiger partial charge on any atom is -0.337 e. The molecule has 0 aliphatic rings. The van der Waals surface area contributed by atoms with Crippen LogP contribution in [0.15, 0.2) is 23.2 Å². The van der Waals surface area contributed by atoms with Crippen LogP contribution in [0.5, 0.6) is 0 Å². The summed E-state index contributed by atoms with van der Waals surface area (Å²) in [5, 5.41) is 9.93. The quantitative estimate of drug-likeness (QED) is 0.603. The maximum absolute atomic E-state index is 13.2. The molecular weight excluding hydrogens is 212 g/mol. The minimum absolute atomic E-state index is 0.0424. The Labute approximate surface area is 92.7 Å². The van der Waals surface area contributed by atoms with Crippen LogP contribution in [-0.4, -0.2) is 18.1 Å². The Morgan fingerprint density at radius 2 is 2.12 bits per heavy atom. The average molecular weight is 225 g/mol. The van der Waals surface area contributed by atoms with Crippen LogP contribution in [0.2, 0.25) is 0 Å². The Balaban J connectivity index is 2.70. The highest BCUT2D eigenvalue weighted by Crippen LogP contribution is 2.14. The van der Waals surface area contributed by atoms with Crippen molar-refractivity contribution in [1.29, 1.82) is 5.41 Å². The zero-order chi connectivity index (χ0) is 12.1. The van der Waals surface area contributed by atoms with Gasteiger partial charge in [-0.25, -0.2) is 8.78 Å². The molecule has 5 heteroatoms. The first kappa shape index (κ1) is 12.3. The van der Waals surface area contributed by atoms with Crippen LogP contribution in [0, 0.1) is 17.0 Å². The predicted octanol–water partition coefficient (Wildman–Crippen LogP) is 2.83. The van der Waals surface area contributed by atoms with Gasteiger partial charge in [0.05, 0.1) is 11.9 Å². The molecule has 0 unspecified atom stereocenters. The molecule has 86 valence electrons. The predicted molar refractivity (Wildman–Crippen MR) is 61.3 cm³/mol. The van der Waals surface area contributed by atoms with E-state index in [2.05, 4.69) is 10.3 Å². The van der Waals surface area contributed by atoms with Crippen molar-refractivity contribution in [3.8, 4) is 0 Å². The fourth-order valence-corrected chi connectivity index (χ4v) is 0.992. The molecule has 2 N–H and O–H groups in total. The molecule has 0 fully saturated rings. The lowest BCUT2D eigenvalue weighted by Crippen LogP contribution is -2.13. The first-order valence-electron chi connectivity index (χ1n) is 4.83. The third-order valence-corrected chi connectivity index (χ3v) is 1.70. The minimum atomic E-state index is -0.734. The molecule has 0 saturated carbocycles. The van der Waals surface area contributed by atoms with Crippen molar-refractivity contribution in [2.24, 2.45) is 4.99 Å². The van der Waals surface area contributed by atoms with Gasteiger partial charge in [0, 0.05) is 12.1 Å². The normalized spacial score (nSPS) is 11.1. The lowest BCUT2D eigenvalue weighted by molar-refractivity contribution is 0.586. The molecule has 1 aromatic rings. The highest BCUT2D eigenvalue weighted by Gasteiger charge is 2.04. The van der Waals surface area contributed by atoms with E-state index in [4.69, 9.17) is 5.41 Å². The van der Waals surface area contributed by atoms with Crippen LogP contribution in [-0.2, 0) is 0 Å². The summed E-state index contributed by atoms with van der Waals surface area (Å²) in [6.45, 7) is 3.73. The third-order valence-electron chi connectivity index (χ3n) is 1.70. The van der Waals surface area contributed by atoms with Crippen LogP contribution in [0.1, 0.15) is 13.8 Å². The van der Waals surface area contributed by atoms with Gasteiger partial charge in [-0.1, -0.05) is 0 Å². The molecule has 0 aromatic heterocycles. The Morgan fingerprint density at radius 3 is 2.69 bits per heavy atom. The van der Waals surface area contributed by atoms with Gasteiger partial charge in [0.2, 0.25) is 0 Å². The Hall–Kier alpha value is -1.78. The number of benzene rings is 1. The van der Waals surface area contributed by atoms with E-state index in [1.165, 1.54) is 12.3 Å². The highest BCUT2D eigenvalue weighted by molar-refractivity contribution is 6.33. The van der Waals surface area contributed by atoms with E-state index >= 15 is 0 Å². The second-order valence-corrected chi connectivity index (χ2v) is 3.53. The average Bonchev–Trinajstić information content (AvgIpc) is 2.19. The van der Waals surface area contributed by atoms with Gasteiger partial charge in [-0.05, 0) is 26.0 Å². The monoisotopic (exact) mass is 225 g/mol. The molecule has 0 aliphatic carbocycles. The molecule has 0 heterocycles. The molecular formula is C11H13F2N3. The van der Waals surface area contributed by atoms with E-state index in [0.29, 0.717) is 0 Å². The van der Waals surface area contributed by atoms with Crippen molar-refractivity contribution in [2.75, 3.05) is 5.32 Å². The summed E-state index contributed by atoms with van der Waals surface area (Å²) in [5.41, 5.74) is 0.0570. The Morgan fingerprint density at radius 1 is 1.44 bits per heavy atom. The summed E-state index contributed by atoms with van der Waals surface area (Å²) in [5.74, 6) is -1.42. The first-order chi connectivity index (χ1) is 7.49. The van der Waals surface area contributed by atoms with Crippen LogP contribution in [0.3, 0.4) is 0 Å². The zero-order valence-corrected chi connectivity index (χ0v) is 9.09. The molecule has 3 nitrogen and oxygen atoms in total. The zero-order valence-electron chi connectivity index (χ0n) is 9.09. The standard InChI is InChI=1S/C11H13F2N3/c1-7(2)15-6-11(14)16-10-4-3-8(12)5-9(10)13/h3-7H,1-2H3,(H2,14,16)/b15-6-. The summed E-state index contributed by atoms with van der Waals surface area (Å²) in [7, 11) is 0. The third kappa shape index (κ3) is 3.76.